The highest BCUT2D eigenvalue weighted by Crippen LogP contribution is 2.32. The number of imidazole rings is 1. The molecule has 3 atom stereocenters. The Kier molecular flexibility index (Phi) is 4.19. The number of benzene rings is 1. The number of rotatable bonds is 4. The van der Waals surface area contributed by atoms with Gasteiger partial charge in [0.15, 0.2) is 11.2 Å². The van der Waals surface area contributed by atoms with Crippen molar-refractivity contribution in [3.8, 4) is 23.1 Å². The lowest BCUT2D eigenvalue weighted by Crippen LogP contribution is -2.24. The number of hydrogen-bond donors (Lipinski definition) is 3. The summed E-state index contributed by atoms with van der Waals surface area (Å²) in [5.41, 5.74) is 2.04. The van der Waals surface area contributed by atoms with Gasteiger partial charge in [-0.1, -0.05) is 35.5 Å². The van der Waals surface area contributed by atoms with Crippen LogP contribution in [-0.2, 0) is 4.74 Å². The van der Waals surface area contributed by atoms with Crippen LogP contribution in [0.5, 0.6) is 5.88 Å². The van der Waals surface area contributed by atoms with Crippen LogP contribution in [0, 0.1) is 0 Å². The second kappa shape index (κ2) is 6.88. The molecule has 1 aliphatic rings. The van der Waals surface area contributed by atoms with Gasteiger partial charge in [-0.05, 0) is 0 Å². The van der Waals surface area contributed by atoms with Crippen molar-refractivity contribution in [1.82, 2.24) is 34.5 Å². The highest BCUT2D eigenvalue weighted by atomic mass is 16.5. The van der Waals surface area contributed by atoms with Crippen molar-refractivity contribution >= 4 is 11.2 Å². The fourth-order valence-corrected chi connectivity index (χ4v) is 3.36. The van der Waals surface area contributed by atoms with Crippen LogP contribution in [0.1, 0.15) is 12.6 Å². The Morgan fingerprint density at radius 1 is 1.17 bits per heavy atom. The molecular weight excluding hydrogens is 378 g/mol. The summed E-state index contributed by atoms with van der Waals surface area (Å²) in [5.74, 6) is -0.193. The van der Waals surface area contributed by atoms with E-state index in [1.54, 1.807) is 10.8 Å². The Hall–Kier alpha value is -3.41. The van der Waals surface area contributed by atoms with Crippen LogP contribution in [0.4, 0.5) is 0 Å². The largest absolute Gasteiger partial charge is 0.492 e. The third-order valence-corrected chi connectivity index (χ3v) is 4.85. The van der Waals surface area contributed by atoms with Gasteiger partial charge in [-0.25, -0.2) is 4.98 Å². The van der Waals surface area contributed by atoms with Gasteiger partial charge in [-0.2, -0.15) is 14.6 Å². The second-order valence-corrected chi connectivity index (χ2v) is 6.70. The molecule has 0 aliphatic carbocycles. The highest BCUT2D eigenvalue weighted by Gasteiger charge is 2.35. The predicted octanol–water partition coefficient (Wildman–Crippen LogP) is 0.420. The molecule has 0 spiro atoms. The number of aliphatic hydroxyl groups excluding tert-OH is 2. The normalized spacial score (nSPS) is 21.8. The van der Waals surface area contributed by atoms with Crippen molar-refractivity contribution in [1.29, 1.82) is 0 Å². The molecule has 1 saturated heterocycles. The van der Waals surface area contributed by atoms with Gasteiger partial charge in [0.2, 0.25) is 5.88 Å². The SMILES string of the molecule is OC[C@H]1O[C@@H](n2cnc3c(O)nc(-n4cc(-c5ccccc5)nn4)nc32)C[C@@H]1O. The Morgan fingerprint density at radius 3 is 2.76 bits per heavy atom. The minimum atomic E-state index is -0.805. The molecule has 5 rings (SSSR count). The number of nitrogens with zero attached hydrogens (tertiary/aromatic N) is 7. The number of aromatic nitrogens is 7. The molecule has 3 aromatic heterocycles. The first-order valence-corrected chi connectivity index (χ1v) is 9.00. The van der Waals surface area contributed by atoms with Crippen molar-refractivity contribution in [3.63, 3.8) is 0 Å². The van der Waals surface area contributed by atoms with Crippen LogP contribution < -0.4 is 0 Å². The standard InChI is InChI=1S/C18H17N7O4/c26-8-13-12(27)6-14(29-13)24-9-19-15-16(24)20-18(21-17(15)28)25-7-11(22-23-25)10-4-2-1-3-5-10/h1-5,7,9,12-14,26-27H,6,8H2,(H,20,21,28)/t12-,13+,14+/m0/s1. The van der Waals surface area contributed by atoms with E-state index in [9.17, 15) is 15.3 Å². The molecule has 1 aliphatic heterocycles. The summed E-state index contributed by atoms with van der Waals surface area (Å²) in [4.78, 5) is 12.7. The van der Waals surface area contributed by atoms with Crippen molar-refractivity contribution in [3.05, 3.63) is 42.9 Å². The van der Waals surface area contributed by atoms with E-state index in [1.807, 2.05) is 30.3 Å². The number of aliphatic hydroxyl groups is 2. The van der Waals surface area contributed by atoms with Gasteiger partial charge in [0.05, 0.1) is 25.2 Å². The molecule has 3 N–H and O–H groups in total. The van der Waals surface area contributed by atoms with Crippen molar-refractivity contribution in [2.45, 2.75) is 24.9 Å². The maximum atomic E-state index is 10.3. The van der Waals surface area contributed by atoms with Crippen LogP contribution in [0.15, 0.2) is 42.9 Å². The molecule has 0 unspecified atom stereocenters. The first-order valence-electron chi connectivity index (χ1n) is 9.00. The van der Waals surface area contributed by atoms with Crippen LogP contribution in [-0.4, -0.2) is 68.6 Å². The Bertz CT molecular complexity index is 1160. The fourth-order valence-electron chi connectivity index (χ4n) is 3.36. The zero-order chi connectivity index (χ0) is 20.0. The number of fused-ring (bicyclic) bond motifs is 1. The van der Waals surface area contributed by atoms with E-state index in [0.29, 0.717) is 11.3 Å². The van der Waals surface area contributed by atoms with Crippen molar-refractivity contribution < 1.29 is 20.1 Å². The molecule has 4 aromatic rings. The third kappa shape index (κ3) is 3.01. The summed E-state index contributed by atoms with van der Waals surface area (Å²) in [6.07, 6.45) is 1.31. The molecule has 4 heterocycles. The fraction of sp³-hybridized carbons (Fsp3) is 0.278. The second-order valence-electron chi connectivity index (χ2n) is 6.70. The Balaban J connectivity index is 1.54. The Labute approximate surface area is 163 Å². The van der Waals surface area contributed by atoms with Crippen molar-refractivity contribution in [2.24, 2.45) is 0 Å². The zero-order valence-electron chi connectivity index (χ0n) is 15.1. The lowest BCUT2D eigenvalue weighted by Gasteiger charge is -2.13. The van der Waals surface area contributed by atoms with E-state index in [1.165, 1.54) is 11.0 Å². The first kappa shape index (κ1) is 17.7. The zero-order valence-corrected chi connectivity index (χ0v) is 15.1. The summed E-state index contributed by atoms with van der Waals surface area (Å²) in [6, 6.07) is 9.53. The summed E-state index contributed by atoms with van der Waals surface area (Å²) in [5, 5.41) is 37.8. The van der Waals surface area contributed by atoms with Gasteiger partial charge in [0.1, 0.15) is 18.0 Å². The van der Waals surface area contributed by atoms with Gasteiger partial charge in [0.25, 0.3) is 5.95 Å². The minimum absolute atomic E-state index is 0.115. The van der Waals surface area contributed by atoms with Crippen LogP contribution >= 0.6 is 0 Å². The molecule has 29 heavy (non-hydrogen) atoms. The summed E-state index contributed by atoms with van der Waals surface area (Å²) in [7, 11) is 0. The molecule has 0 bridgehead atoms. The van der Waals surface area contributed by atoms with Crippen LogP contribution in [0.3, 0.4) is 0 Å². The van der Waals surface area contributed by atoms with Crippen LogP contribution in [0.25, 0.3) is 28.4 Å². The van der Waals surface area contributed by atoms with E-state index in [0.717, 1.165) is 5.56 Å². The van der Waals surface area contributed by atoms with Crippen LogP contribution in [0.2, 0.25) is 0 Å². The maximum absolute atomic E-state index is 10.3. The maximum Gasteiger partial charge on any atom is 0.257 e. The molecule has 1 aromatic carbocycles. The summed E-state index contributed by atoms with van der Waals surface area (Å²) in [6.45, 7) is -0.295. The average Bonchev–Trinajstić information content (AvgIpc) is 3.46. The quantitative estimate of drug-likeness (QED) is 0.448. The smallest absolute Gasteiger partial charge is 0.257 e. The third-order valence-electron chi connectivity index (χ3n) is 4.85. The Morgan fingerprint density at radius 2 is 2.00 bits per heavy atom. The topological polar surface area (TPSA) is 144 Å². The van der Waals surface area contributed by atoms with Gasteiger partial charge >= 0.3 is 0 Å². The van der Waals surface area contributed by atoms with Gasteiger partial charge in [0, 0.05) is 12.0 Å². The lowest BCUT2D eigenvalue weighted by atomic mass is 10.2. The monoisotopic (exact) mass is 395 g/mol. The highest BCUT2D eigenvalue weighted by molar-refractivity contribution is 5.76. The van der Waals surface area contributed by atoms with Gasteiger partial charge in [-0.3, -0.25) is 4.57 Å². The van der Waals surface area contributed by atoms with E-state index < -0.39 is 18.4 Å². The molecule has 11 nitrogen and oxygen atoms in total. The van der Waals surface area contributed by atoms with E-state index >= 15 is 0 Å². The van der Waals surface area contributed by atoms with Crippen molar-refractivity contribution in [2.75, 3.05) is 6.61 Å². The number of hydrogen-bond acceptors (Lipinski definition) is 9. The van der Waals surface area contributed by atoms with E-state index in [4.69, 9.17) is 4.74 Å². The summed E-state index contributed by atoms with van der Waals surface area (Å²) >= 11 is 0. The molecule has 1 fully saturated rings. The predicted molar refractivity (Wildman–Crippen MR) is 99.0 cm³/mol. The van der Waals surface area contributed by atoms with E-state index in [2.05, 4.69) is 25.3 Å². The molecule has 0 amide bonds. The molecule has 0 saturated carbocycles. The average molecular weight is 395 g/mol. The molecule has 0 radical (unpaired) electrons. The van der Waals surface area contributed by atoms with E-state index in [-0.39, 0.29) is 30.4 Å². The van der Waals surface area contributed by atoms with Gasteiger partial charge < -0.3 is 20.1 Å². The first-order chi connectivity index (χ1) is 14.1. The number of aromatic hydroxyl groups is 1. The summed E-state index contributed by atoms with van der Waals surface area (Å²) < 4.78 is 8.62. The van der Waals surface area contributed by atoms with Gasteiger partial charge in [-0.15, -0.1) is 5.10 Å². The lowest BCUT2D eigenvalue weighted by molar-refractivity contribution is -0.0432. The molecule has 148 valence electrons. The minimum Gasteiger partial charge on any atom is -0.492 e. The number of ether oxygens (including phenoxy) is 1. The molecule has 11 heteroatoms. The molecular formula is C18H17N7O4.